The first kappa shape index (κ1) is 62.8. The molecule has 0 aromatic rings. The smallest absolute Gasteiger partial charge is 0.305 e. The highest BCUT2D eigenvalue weighted by molar-refractivity contribution is 5.76. The van der Waals surface area contributed by atoms with E-state index in [0.29, 0.717) is 32.3 Å². The summed E-state index contributed by atoms with van der Waals surface area (Å²) in [6.45, 7) is 4.86. The molecule has 380 valence electrons. The average molecular weight is 913 g/mol. The molecule has 0 aliphatic rings. The van der Waals surface area contributed by atoms with E-state index in [0.717, 1.165) is 64.2 Å². The Morgan fingerprint density at radius 3 is 1.23 bits per heavy atom. The maximum absolute atomic E-state index is 12.5. The van der Waals surface area contributed by atoms with E-state index in [4.69, 9.17) is 4.74 Å². The van der Waals surface area contributed by atoms with Crippen LogP contribution in [0.2, 0.25) is 0 Å². The molecule has 0 aliphatic heterocycles. The van der Waals surface area contributed by atoms with Gasteiger partial charge in [0.1, 0.15) is 0 Å². The Hall–Kier alpha value is -2.18. The van der Waals surface area contributed by atoms with Gasteiger partial charge in [-0.05, 0) is 77.0 Å². The number of rotatable bonds is 52. The van der Waals surface area contributed by atoms with Gasteiger partial charge >= 0.3 is 5.97 Å². The van der Waals surface area contributed by atoms with Crippen molar-refractivity contribution < 1.29 is 24.5 Å². The first-order valence-corrected chi connectivity index (χ1v) is 28.4. The third kappa shape index (κ3) is 51.1. The standard InChI is InChI=1S/C59H109NO5/c1-3-5-7-9-11-13-15-17-19-20-21-22-23-25-27-31-35-39-43-47-51-57(62)56(55-61)60-58(63)52-48-44-40-36-32-28-26-30-34-38-42-46-50-54-65-59(64)53-49-45-41-37-33-29-24-18-16-14-12-10-8-6-4-2/h12,14,18,24,28,32,40,44,56-57,61-62H,3-11,13,15-17,19-23,25-27,29-31,33-39,41-43,45-55H2,1-2H3,(H,60,63)/b14-12-,24-18-,32-28-,44-40-. The minimum Gasteiger partial charge on any atom is -0.466 e. The zero-order chi connectivity index (χ0) is 47.2. The van der Waals surface area contributed by atoms with Gasteiger partial charge in [0, 0.05) is 12.8 Å². The first-order chi connectivity index (χ1) is 32.0. The molecule has 0 heterocycles. The monoisotopic (exact) mass is 912 g/mol. The molecule has 0 radical (unpaired) electrons. The second kappa shape index (κ2) is 54.4. The van der Waals surface area contributed by atoms with Crippen LogP contribution in [0.5, 0.6) is 0 Å². The number of ether oxygens (including phenoxy) is 1. The second-order valence-corrected chi connectivity index (χ2v) is 19.3. The summed E-state index contributed by atoms with van der Waals surface area (Å²) in [7, 11) is 0. The third-order valence-corrected chi connectivity index (χ3v) is 12.9. The van der Waals surface area contributed by atoms with Gasteiger partial charge in [0.25, 0.3) is 0 Å². The van der Waals surface area contributed by atoms with E-state index in [1.807, 2.05) is 6.08 Å². The van der Waals surface area contributed by atoms with E-state index >= 15 is 0 Å². The topological polar surface area (TPSA) is 95.9 Å². The second-order valence-electron chi connectivity index (χ2n) is 19.3. The Morgan fingerprint density at radius 1 is 0.431 bits per heavy atom. The van der Waals surface area contributed by atoms with Gasteiger partial charge in [-0.25, -0.2) is 0 Å². The summed E-state index contributed by atoms with van der Waals surface area (Å²) in [6.07, 6.45) is 68.2. The fourth-order valence-corrected chi connectivity index (χ4v) is 8.48. The normalized spacial score (nSPS) is 13.0. The first-order valence-electron chi connectivity index (χ1n) is 28.4. The highest BCUT2D eigenvalue weighted by atomic mass is 16.5. The number of esters is 1. The number of carbonyl (C=O) groups excluding carboxylic acids is 2. The SMILES string of the molecule is CCCCC/C=C\C/C=C\CCCCCCCC(=O)OCCCCCCCC/C=C\C/C=C\CCC(=O)NC(CO)C(O)CCCCCCCCCCCCCCCCCCCCCC. The number of carbonyl (C=O) groups is 2. The van der Waals surface area contributed by atoms with E-state index in [9.17, 15) is 19.8 Å². The fraction of sp³-hybridized carbons (Fsp3) is 0.831. The van der Waals surface area contributed by atoms with Crippen LogP contribution in [0.3, 0.4) is 0 Å². The summed E-state index contributed by atoms with van der Waals surface area (Å²) in [5.41, 5.74) is 0. The molecule has 65 heavy (non-hydrogen) atoms. The van der Waals surface area contributed by atoms with Gasteiger partial charge in [-0.15, -0.1) is 0 Å². The Balaban J connectivity index is 3.56. The minimum atomic E-state index is -0.701. The van der Waals surface area contributed by atoms with Crippen molar-refractivity contribution in [2.24, 2.45) is 0 Å². The molecule has 0 aromatic heterocycles. The Morgan fingerprint density at radius 2 is 0.785 bits per heavy atom. The molecule has 0 saturated heterocycles. The third-order valence-electron chi connectivity index (χ3n) is 12.9. The molecule has 1 amide bonds. The minimum absolute atomic E-state index is 0.0311. The van der Waals surface area contributed by atoms with Crippen molar-refractivity contribution in [3.8, 4) is 0 Å². The van der Waals surface area contributed by atoms with Crippen LogP contribution in [-0.4, -0.2) is 47.4 Å². The van der Waals surface area contributed by atoms with Crippen LogP contribution in [0.25, 0.3) is 0 Å². The summed E-state index contributed by atoms with van der Waals surface area (Å²) in [5.74, 6) is -0.146. The molecule has 6 nitrogen and oxygen atoms in total. The number of hydrogen-bond acceptors (Lipinski definition) is 5. The predicted octanol–water partition coefficient (Wildman–Crippen LogP) is 17.4. The maximum atomic E-state index is 12.5. The van der Waals surface area contributed by atoms with Gasteiger partial charge < -0.3 is 20.3 Å². The summed E-state index contributed by atoms with van der Waals surface area (Å²) in [6, 6.07) is -0.588. The molecule has 0 saturated carbocycles. The average Bonchev–Trinajstić information content (AvgIpc) is 3.31. The van der Waals surface area contributed by atoms with Crippen LogP contribution in [0.15, 0.2) is 48.6 Å². The summed E-state index contributed by atoms with van der Waals surface area (Å²) in [5, 5.41) is 23.2. The molecule has 0 spiro atoms. The van der Waals surface area contributed by atoms with Crippen molar-refractivity contribution in [1.82, 2.24) is 5.32 Å². The lowest BCUT2D eigenvalue weighted by molar-refractivity contribution is -0.143. The van der Waals surface area contributed by atoms with Crippen LogP contribution in [0.4, 0.5) is 0 Å². The lowest BCUT2D eigenvalue weighted by Gasteiger charge is -2.22. The molecule has 0 aliphatic carbocycles. The number of aliphatic hydroxyl groups is 2. The lowest BCUT2D eigenvalue weighted by Crippen LogP contribution is -2.45. The number of hydrogen-bond donors (Lipinski definition) is 3. The van der Waals surface area contributed by atoms with Crippen molar-refractivity contribution >= 4 is 11.9 Å². The Bertz CT molecular complexity index is 1100. The van der Waals surface area contributed by atoms with Crippen molar-refractivity contribution in [1.29, 1.82) is 0 Å². The summed E-state index contributed by atoms with van der Waals surface area (Å²) < 4.78 is 5.45. The number of amides is 1. The molecule has 0 rings (SSSR count). The highest BCUT2D eigenvalue weighted by Crippen LogP contribution is 2.17. The van der Waals surface area contributed by atoms with Crippen LogP contribution >= 0.6 is 0 Å². The van der Waals surface area contributed by atoms with Crippen LogP contribution in [-0.2, 0) is 14.3 Å². The lowest BCUT2D eigenvalue weighted by atomic mass is 10.0. The van der Waals surface area contributed by atoms with E-state index in [1.165, 1.54) is 186 Å². The van der Waals surface area contributed by atoms with Crippen molar-refractivity contribution in [3.63, 3.8) is 0 Å². The number of aliphatic hydroxyl groups excluding tert-OH is 2. The van der Waals surface area contributed by atoms with E-state index in [-0.39, 0.29) is 18.5 Å². The zero-order valence-electron chi connectivity index (χ0n) is 43.2. The van der Waals surface area contributed by atoms with Crippen LogP contribution in [0.1, 0.15) is 290 Å². The Labute approximate surface area is 404 Å². The molecule has 2 unspecified atom stereocenters. The van der Waals surface area contributed by atoms with Gasteiger partial charge in [-0.3, -0.25) is 9.59 Å². The van der Waals surface area contributed by atoms with Gasteiger partial charge in [0.15, 0.2) is 0 Å². The summed E-state index contributed by atoms with van der Waals surface area (Å²) >= 11 is 0. The number of unbranched alkanes of at least 4 members (excludes halogenated alkanes) is 33. The van der Waals surface area contributed by atoms with Gasteiger partial charge in [0.05, 0.1) is 25.4 Å². The van der Waals surface area contributed by atoms with Crippen molar-refractivity contribution in [2.45, 2.75) is 302 Å². The molecule has 0 aromatic carbocycles. The van der Waals surface area contributed by atoms with Gasteiger partial charge in [0.2, 0.25) is 5.91 Å². The number of allylic oxidation sites excluding steroid dienone is 8. The summed E-state index contributed by atoms with van der Waals surface area (Å²) in [4.78, 5) is 24.5. The van der Waals surface area contributed by atoms with Crippen molar-refractivity contribution in [3.05, 3.63) is 48.6 Å². The van der Waals surface area contributed by atoms with Crippen LogP contribution in [0, 0.1) is 0 Å². The fourth-order valence-electron chi connectivity index (χ4n) is 8.48. The molecule has 0 fully saturated rings. The van der Waals surface area contributed by atoms with Crippen LogP contribution < -0.4 is 5.32 Å². The zero-order valence-corrected chi connectivity index (χ0v) is 43.2. The largest absolute Gasteiger partial charge is 0.466 e. The maximum Gasteiger partial charge on any atom is 0.305 e. The van der Waals surface area contributed by atoms with Gasteiger partial charge in [-0.2, -0.15) is 0 Å². The Kier molecular flexibility index (Phi) is 52.6. The van der Waals surface area contributed by atoms with Gasteiger partial charge in [-0.1, -0.05) is 249 Å². The number of nitrogens with one attached hydrogen (secondary N) is 1. The van der Waals surface area contributed by atoms with E-state index in [1.54, 1.807) is 0 Å². The molecule has 6 heteroatoms. The molecular weight excluding hydrogens is 803 g/mol. The van der Waals surface area contributed by atoms with E-state index in [2.05, 4.69) is 61.7 Å². The predicted molar refractivity (Wildman–Crippen MR) is 282 cm³/mol. The quantitative estimate of drug-likeness (QED) is 0.0321. The molecular formula is C59H109NO5. The van der Waals surface area contributed by atoms with E-state index < -0.39 is 12.1 Å². The molecule has 2 atom stereocenters. The highest BCUT2D eigenvalue weighted by Gasteiger charge is 2.19. The molecule has 0 bridgehead atoms. The van der Waals surface area contributed by atoms with Crippen molar-refractivity contribution in [2.75, 3.05) is 13.2 Å². The molecule has 3 N–H and O–H groups in total.